The number of carbonyl (C=O) groups is 2. The summed E-state index contributed by atoms with van der Waals surface area (Å²) in [5, 5.41) is 5.61. The van der Waals surface area contributed by atoms with Crippen LogP contribution in [0.25, 0.3) is 0 Å². The number of furan rings is 1. The molecule has 0 saturated carbocycles. The van der Waals surface area contributed by atoms with Crippen LogP contribution in [-0.2, 0) is 9.53 Å². The fraction of sp³-hybridized carbons (Fsp3) is 0.429. The van der Waals surface area contributed by atoms with E-state index in [9.17, 15) is 9.59 Å². The number of nitrogens with one attached hydrogen (secondary N) is 2. The van der Waals surface area contributed by atoms with E-state index in [-0.39, 0.29) is 17.8 Å². The smallest absolute Gasteiger partial charge is 0.287 e. The molecular formula is C21H26N2O5S. The first kappa shape index (κ1) is 21.3. The van der Waals surface area contributed by atoms with Crippen LogP contribution in [0.1, 0.15) is 29.8 Å². The highest BCUT2D eigenvalue weighted by molar-refractivity contribution is 7.98. The van der Waals surface area contributed by atoms with Crippen LogP contribution in [0.3, 0.4) is 0 Å². The molecule has 1 fully saturated rings. The van der Waals surface area contributed by atoms with Crippen LogP contribution in [0.2, 0.25) is 0 Å². The molecule has 0 aliphatic carbocycles. The van der Waals surface area contributed by atoms with Gasteiger partial charge >= 0.3 is 0 Å². The van der Waals surface area contributed by atoms with Gasteiger partial charge in [-0.1, -0.05) is 6.07 Å². The van der Waals surface area contributed by atoms with Crippen molar-refractivity contribution < 1.29 is 23.5 Å². The van der Waals surface area contributed by atoms with E-state index in [1.165, 1.54) is 6.26 Å². The molecule has 1 aliphatic rings. The molecule has 2 amide bonds. The third kappa shape index (κ3) is 6.54. The van der Waals surface area contributed by atoms with Gasteiger partial charge in [-0.2, -0.15) is 11.8 Å². The van der Waals surface area contributed by atoms with Gasteiger partial charge in [0.25, 0.3) is 5.91 Å². The Morgan fingerprint density at radius 3 is 2.93 bits per heavy atom. The normalized spacial score (nSPS) is 16.9. The van der Waals surface area contributed by atoms with Gasteiger partial charge in [-0.15, -0.1) is 0 Å². The summed E-state index contributed by atoms with van der Waals surface area (Å²) in [6.45, 7) is 1.28. The Kier molecular flexibility index (Phi) is 8.01. The van der Waals surface area contributed by atoms with Gasteiger partial charge in [-0.3, -0.25) is 9.59 Å². The molecule has 3 rings (SSSR count). The summed E-state index contributed by atoms with van der Waals surface area (Å²) in [5.41, 5.74) is 0.612. The number of amides is 2. The molecule has 156 valence electrons. The van der Waals surface area contributed by atoms with E-state index in [2.05, 4.69) is 10.6 Å². The van der Waals surface area contributed by atoms with E-state index in [4.69, 9.17) is 13.9 Å². The third-order valence-corrected chi connectivity index (χ3v) is 5.18. The van der Waals surface area contributed by atoms with Crippen LogP contribution < -0.4 is 15.4 Å². The van der Waals surface area contributed by atoms with Crippen molar-refractivity contribution in [2.75, 3.05) is 30.5 Å². The van der Waals surface area contributed by atoms with Gasteiger partial charge in [0.15, 0.2) is 5.76 Å². The summed E-state index contributed by atoms with van der Waals surface area (Å²) >= 11 is 1.61. The van der Waals surface area contributed by atoms with Crippen LogP contribution in [0.5, 0.6) is 5.75 Å². The van der Waals surface area contributed by atoms with Crippen LogP contribution in [0, 0.1) is 0 Å². The molecule has 2 atom stereocenters. The van der Waals surface area contributed by atoms with E-state index in [1.54, 1.807) is 36.0 Å². The second-order valence-corrected chi connectivity index (χ2v) is 7.73. The summed E-state index contributed by atoms with van der Waals surface area (Å²) in [7, 11) is 0. The van der Waals surface area contributed by atoms with Crippen molar-refractivity contribution in [2.24, 2.45) is 0 Å². The average molecular weight is 419 g/mol. The molecular weight excluding hydrogens is 392 g/mol. The minimum absolute atomic E-state index is 0.126. The molecule has 7 nitrogen and oxygen atoms in total. The minimum Gasteiger partial charge on any atom is -0.491 e. The average Bonchev–Trinajstić information content (AvgIpc) is 3.44. The van der Waals surface area contributed by atoms with Crippen molar-refractivity contribution in [3.63, 3.8) is 0 Å². The van der Waals surface area contributed by atoms with Crippen molar-refractivity contribution in [3.05, 3.63) is 48.4 Å². The standard InChI is InChI=1S/C21H26N2O5S/c1-29-12-9-18(23-21(25)19-8-4-11-27-19)20(24)22-15-5-2-6-16(13-15)28-14-17-7-3-10-26-17/h2,4-6,8,11,13,17-18H,3,7,9-10,12,14H2,1H3,(H,22,24)(H,23,25)/t17-,18-/m0/s1. The summed E-state index contributed by atoms with van der Waals surface area (Å²) < 4.78 is 16.5. The lowest BCUT2D eigenvalue weighted by Crippen LogP contribution is -2.44. The third-order valence-electron chi connectivity index (χ3n) is 4.54. The maximum absolute atomic E-state index is 12.8. The van der Waals surface area contributed by atoms with Crippen molar-refractivity contribution in [1.82, 2.24) is 5.32 Å². The Morgan fingerprint density at radius 2 is 2.21 bits per heavy atom. The molecule has 0 bridgehead atoms. The van der Waals surface area contributed by atoms with Gasteiger partial charge in [0.1, 0.15) is 18.4 Å². The highest BCUT2D eigenvalue weighted by atomic mass is 32.2. The molecule has 2 heterocycles. The summed E-state index contributed by atoms with van der Waals surface area (Å²) in [6, 6.07) is 9.75. The van der Waals surface area contributed by atoms with Gasteiger partial charge in [0, 0.05) is 18.4 Å². The quantitative estimate of drug-likeness (QED) is 0.615. The van der Waals surface area contributed by atoms with Gasteiger partial charge in [0.2, 0.25) is 5.91 Å². The van der Waals surface area contributed by atoms with Gasteiger partial charge in [-0.05, 0) is 55.5 Å². The molecule has 29 heavy (non-hydrogen) atoms. The Hall–Kier alpha value is -2.45. The second-order valence-electron chi connectivity index (χ2n) is 6.75. The first-order valence-corrected chi connectivity index (χ1v) is 11.0. The number of anilines is 1. The molecule has 1 saturated heterocycles. The molecule has 0 radical (unpaired) electrons. The first-order chi connectivity index (χ1) is 14.2. The molecule has 1 aromatic heterocycles. The van der Waals surface area contributed by atoms with Crippen molar-refractivity contribution >= 4 is 29.3 Å². The topological polar surface area (TPSA) is 89.8 Å². The van der Waals surface area contributed by atoms with E-state index >= 15 is 0 Å². The number of hydrogen-bond acceptors (Lipinski definition) is 6. The van der Waals surface area contributed by atoms with Gasteiger partial charge in [0.05, 0.1) is 12.4 Å². The van der Waals surface area contributed by atoms with Crippen LogP contribution in [-0.4, -0.2) is 49.2 Å². The number of ether oxygens (including phenoxy) is 2. The largest absolute Gasteiger partial charge is 0.491 e. The first-order valence-electron chi connectivity index (χ1n) is 9.64. The predicted molar refractivity (Wildman–Crippen MR) is 113 cm³/mol. The number of benzene rings is 1. The highest BCUT2D eigenvalue weighted by Crippen LogP contribution is 2.20. The van der Waals surface area contributed by atoms with Crippen LogP contribution >= 0.6 is 11.8 Å². The summed E-state index contributed by atoms with van der Waals surface area (Å²) in [4.78, 5) is 25.1. The maximum atomic E-state index is 12.8. The lowest BCUT2D eigenvalue weighted by atomic mass is 10.2. The maximum Gasteiger partial charge on any atom is 0.287 e. The number of thioether (sulfide) groups is 1. The van der Waals surface area contributed by atoms with Crippen molar-refractivity contribution in [1.29, 1.82) is 0 Å². The molecule has 2 aromatic rings. The zero-order chi connectivity index (χ0) is 20.5. The van der Waals surface area contributed by atoms with Gasteiger partial charge < -0.3 is 24.5 Å². The lowest BCUT2D eigenvalue weighted by Gasteiger charge is -2.18. The molecule has 1 aromatic carbocycles. The minimum atomic E-state index is -0.670. The zero-order valence-electron chi connectivity index (χ0n) is 16.4. The summed E-state index contributed by atoms with van der Waals surface area (Å²) in [6.07, 6.45) is 6.08. The number of rotatable bonds is 10. The number of carbonyl (C=O) groups excluding carboxylic acids is 2. The Labute approximate surface area is 174 Å². The van der Waals surface area contributed by atoms with Crippen molar-refractivity contribution in [2.45, 2.75) is 31.4 Å². The van der Waals surface area contributed by atoms with E-state index in [0.717, 1.165) is 25.2 Å². The molecule has 1 aliphatic heterocycles. The second kappa shape index (κ2) is 10.9. The van der Waals surface area contributed by atoms with E-state index < -0.39 is 11.9 Å². The SMILES string of the molecule is CSCC[C@H](NC(=O)c1ccco1)C(=O)Nc1cccc(OC[C@@H]2CCCO2)c1. The highest BCUT2D eigenvalue weighted by Gasteiger charge is 2.22. The fourth-order valence-corrected chi connectivity index (χ4v) is 3.47. The molecule has 0 spiro atoms. The molecule has 2 N–H and O–H groups in total. The van der Waals surface area contributed by atoms with Crippen LogP contribution in [0.4, 0.5) is 5.69 Å². The molecule has 0 unspecified atom stereocenters. The van der Waals surface area contributed by atoms with Crippen LogP contribution in [0.15, 0.2) is 47.1 Å². The Bertz CT molecular complexity index is 790. The zero-order valence-corrected chi connectivity index (χ0v) is 17.2. The Morgan fingerprint density at radius 1 is 1.31 bits per heavy atom. The predicted octanol–water partition coefficient (Wildman–Crippen LogP) is 3.33. The summed E-state index contributed by atoms with van der Waals surface area (Å²) in [5.74, 6) is 0.885. The van der Waals surface area contributed by atoms with E-state index in [0.29, 0.717) is 24.5 Å². The number of hydrogen-bond donors (Lipinski definition) is 2. The van der Waals surface area contributed by atoms with Gasteiger partial charge in [-0.25, -0.2) is 0 Å². The van der Waals surface area contributed by atoms with E-state index in [1.807, 2.05) is 18.4 Å². The Balaban J connectivity index is 1.58. The fourth-order valence-electron chi connectivity index (χ4n) is 3.00. The lowest BCUT2D eigenvalue weighted by molar-refractivity contribution is -0.118. The van der Waals surface area contributed by atoms with Crippen molar-refractivity contribution in [3.8, 4) is 5.75 Å². The molecule has 8 heteroatoms. The monoisotopic (exact) mass is 418 g/mol.